The summed E-state index contributed by atoms with van der Waals surface area (Å²) in [6.07, 6.45) is 0.839. The molecule has 2 heterocycles. The number of para-hydroxylation sites is 1. The Bertz CT molecular complexity index is 873. The normalized spacial score (nSPS) is 11.9. The summed E-state index contributed by atoms with van der Waals surface area (Å²) in [5.74, 6) is 2.54. The molecule has 0 saturated heterocycles. The van der Waals surface area contributed by atoms with E-state index in [1.165, 1.54) is 0 Å². The molecule has 0 unspecified atom stereocenters. The number of furan rings is 1. The summed E-state index contributed by atoms with van der Waals surface area (Å²) in [5.41, 5.74) is 4.17. The number of benzene rings is 1. The minimum Gasteiger partial charge on any atom is -0.459 e. The lowest BCUT2D eigenvalue weighted by Gasteiger charge is -2.11. The van der Waals surface area contributed by atoms with Gasteiger partial charge < -0.3 is 19.6 Å². The van der Waals surface area contributed by atoms with Crippen LogP contribution in [0.2, 0.25) is 0 Å². The Morgan fingerprint density at radius 1 is 1.16 bits per heavy atom. The van der Waals surface area contributed by atoms with Crippen LogP contribution in [-0.2, 0) is 13.0 Å². The summed E-state index contributed by atoms with van der Waals surface area (Å²) in [7, 11) is 1.76. The predicted molar refractivity (Wildman–Crippen MR) is 98.8 cm³/mol. The molecule has 2 N–H and O–H groups in total. The van der Waals surface area contributed by atoms with Crippen molar-refractivity contribution in [2.24, 2.45) is 4.99 Å². The van der Waals surface area contributed by atoms with Gasteiger partial charge in [-0.25, -0.2) is 0 Å². The molecule has 0 aliphatic heterocycles. The molecule has 0 radical (unpaired) electrons. The Hall–Kier alpha value is -2.76. The van der Waals surface area contributed by atoms with E-state index in [1.807, 2.05) is 32.0 Å². The molecule has 132 valence electrons. The number of hydrogen-bond acceptors (Lipinski definition) is 4. The first-order chi connectivity index (χ1) is 12.1. The van der Waals surface area contributed by atoms with Gasteiger partial charge in [-0.2, -0.15) is 0 Å². The van der Waals surface area contributed by atoms with Crippen molar-refractivity contribution in [3.8, 4) is 0 Å². The third-order valence-corrected chi connectivity index (χ3v) is 4.43. The molecule has 0 aliphatic carbocycles. The number of fused-ring (bicyclic) bond motifs is 1. The van der Waals surface area contributed by atoms with Crippen LogP contribution in [0.1, 0.15) is 28.3 Å². The van der Waals surface area contributed by atoms with Crippen LogP contribution in [0.4, 0.5) is 0 Å². The number of guanidine groups is 1. The SMILES string of the molecule is CN=C(NCCc1c(C)noc1C)NCc1oc2ccccc2c1C. The summed E-state index contributed by atoms with van der Waals surface area (Å²) < 4.78 is 11.1. The van der Waals surface area contributed by atoms with E-state index in [9.17, 15) is 0 Å². The highest BCUT2D eigenvalue weighted by molar-refractivity contribution is 5.82. The van der Waals surface area contributed by atoms with Gasteiger partial charge in [0.1, 0.15) is 17.1 Å². The lowest BCUT2D eigenvalue weighted by Crippen LogP contribution is -2.38. The number of nitrogens with zero attached hydrogens (tertiary/aromatic N) is 2. The van der Waals surface area contributed by atoms with Crippen molar-refractivity contribution in [1.82, 2.24) is 15.8 Å². The van der Waals surface area contributed by atoms with Gasteiger partial charge in [0.25, 0.3) is 0 Å². The summed E-state index contributed by atoms with van der Waals surface area (Å²) in [6.45, 7) is 7.32. The smallest absolute Gasteiger partial charge is 0.191 e. The zero-order valence-corrected chi connectivity index (χ0v) is 15.1. The maximum atomic E-state index is 5.92. The molecule has 0 amide bonds. The highest BCUT2D eigenvalue weighted by atomic mass is 16.5. The highest BCUT2D eigenvalue weighted by Crippen LogP contribution is 2.24. The largest absolute Gasteiger partial charge is 0.459 e. The van der Waals surface area contributed by atoms with Crippen LogP contribution < -0.4 is 10.6 Å². The fourth-order valence-corrected chi connectivity index (χ4v) is 2.94. The second-order valence-corrected chi connectivity index (χ2v) is 6.05. The van der Waals surface area contributed by atoms with Crippen molar-refractivity contribution < 1.29 is 8.94 Å². The van der Waals surface area contributed by atoms with Crippen molar-refractivity contribution in [2.45, 2.75) is 33.7 Å². The summed E-state index contributed by atoms with van der Waals surface area (Å²) >= 11 is 0. The third-order valence-electron chi connectivity index (χ3n) is 4.43. The summed E-state index contributed by atoms with van der Waals surface area (Å²) in [6, 6.07) is 8.08. The van der Waals surface area contributed by atoms with E-state index < -0.39 is 0 Å². The maximum Gasteiger partial charge on any atom is 0.191 e. The van der Waals surface area contributed by atoms with Gasteiger partial charge in [0, 0.05) is 30.1 Å². The van der Waals surface area contributed by atoms with Crippen molar-refractivity contribution in [2.75, 3.05) is 13.6 Å². The molecule has 25 heavy (non-hydrogen) atoms. The lowest BCUT2D eigenvalue weighted by molar-refractivity contribution is 0.392. The van der Waals surface area contributed by atoms with Crippen LogP contribution in [0.5, 0.6) is 0 Å². The van der Waals surface area contributed by atoms with Gasteiger partial charge >= 0.3 is 0 Å². The Kier molecular flexibility index (Phi) is 5.07. The molecule has 0 atom stereocenters. The van der Waals surface area contributed by atoms with Crippen LogP contribution >= 0.6 is 0 Å². The van der Waals surface area contributed by atoms with Gasteiger partial charge in [-0.3, -0.25) is 4.99 Å². The highest BCUT2D eigenvalue weighted by Gasteiger charge is 2.11. The average molecular weight is 340 g/mol. The van der Waals surface area contributed by atoms with Crippen LogP contribution in [0.25, 0.3) is 11.0 Å². The zero-order valence-electron chi connectivity index (χ0n) is 15.1. The predicted octanol–water partition coefficient (Wildman–Crippen LogP) is 3.25. The maximum absolute atomic E-state index is 5.92. The molecule has 6 heteroatoms. The Balaban J connectivity index is 1.56. The van der Waals surface area contributed by atoms with Crippen LogP contribution in [-0.4, -0.2) is 24.7 Å². The number of aromatic nitrogens is 1. The molecular formula is C19H24N4O2. The molecule has 0 spiro atoms. The number of aliphatic imine (C=N–C) groups is 1. The van der Waals surface area contributed by atoms with Gasteiger partial charge in [-0.15, -0.1) is 0 Å². The fraction of sp³-hybridized carbons (Fsp3) is 0.368. The van der Waals surface area contributed by atoms with E-state index in [2.05, 4.69) is 33.8 Å². The molecular weight excluding hydrogens is 316 g/mol. The summed E-state index contributed by atoms with van der Waals surface area (Å²) in [5, 5.41) is 11.7. The van der Waals surface area contributed by atoms with E-state index in [-0.39, 0.29) is 0 Å². The quantitative estimate of drug-likeness (QED) is 0.551. The van der Waals surface area contributed by atoms with Gasteiger partial charge in [0.05, 0.1) is 12.2 Å². The molecule has 3 rings (SSSR count). The van der Waals surface area contributed by atoms with E-state index in [1.54, 1.807) is 7.05 Å². The van der Waals surface area contributed by atoms with Crippen LogP contribution in [0.3, 0.4) is 0 Å². The standard InChI is InChI=1S/C19H24N4O2/c1-12-15-7-5-6-8-17(15)24-18(12)11-22-19(20-4)21-10-9-16-13(2)23-25-14(16)3/h5-8H,9-11H2,1-4H3,(H2,20,21,22). The monoisotopic (exact) mass is 340 g/mol. The molecule has 2 aromatic heterocycles. The van der Waals surface area contributed by atoms with Gasteiger partial charge in [0.2, 0.25) is 0 Å². The molecule has 0 aliphatic rings. The van der Waals surface area contributed by atoms with E-state index in [4.69, 9.17) is 8.94 Å². The van der Waals surface area contributed by atoms with Crippen LogP contribution in [0.15, 0.2) is 38.2 Å². The van der Waals surface area contributed by atoms with Gasteiger partial charge in [-0.1, -0.05) is 23.4 Å². The molecule has 0 fully saturated rings. The van der Waals surface area contributed by atoms with Gasteiger partial charge in [0.15, 0.2) is 5.96 Å². The van der Waals surface area contributed by atoms with Crippen molar-refractivity contribution in [3.05, 3.63) is 52.6 Å². The van der Waals surface area contributed by atoms with E-state index >= 15 is 0 Å². The average Bonchev–Trinajstić information content (AvgIpc) is 3.11. The van der Waals surface area contributed by atoms with Crippen molar-refractivity contribution >= 4 is 16.9 Å². The first-order valence-electron chi connectivity index (χ1n) is 8.43. The summed E-state index contributed by atoms with van der Waals surface area (Å²) in [4.78, 5) is 4.26. The zero-order chi connectivity index (χ0) is 17.8. The molecule has 1 aromatic carbocycles. The van der Waals surface area contributed by atoms with E-state index in [0.717, 1.165) is 58.2 Å². The first-order valence-corrected chi connectivity index (χ1v) is 8.43. The fourth-order valence-electron chi connectivity index (χ4n) is 2.94. The minimum absolute atomic E-state index is 0.589. The van der Waals surface area contributed by atoms with Gasteiger partial charge in [-0.05, 0) is 33.3 Å². The molecule has 0 bridgehead atoms. The third kappa shape index (κ3) is 3.68. The molecule has 0 saturated carbocycles. The minimum atomic E-state index is 0.589. The number of hydrogen-bond donors (Lipinski definition) is 2. The van der Waals surface area contributed by atoms with Crippen molar-refractivity contribution in [3.63, 3.8) is 0 Å². The van der Waals surface area contributed by atoms with E-state index in [0.29, 0.717) is 6.54 Å². The Morgan fingerprint density at radius 3 is 2.64 bits per heavy atom. The second-order valence-electron chi connectivity index (χ2n) is 6.05. The number of nitrogens with one attached hydrogen (secondary N) is 2. The molecule has 3 aromatic rings. The Labute approximate surface area is 147 Å². The topological polar surface area (TPSA) is 75.6 Å². The van der Waals surface area contributed by atoms with Crippen molar-refractivity contribution in [1.29, 1.82) is 0 Å². The lowest BCUT2D eigenvalue weighted by atomic mass is 10.1. The second kappa shape index (κ2) is 7.42. The first kappa shape index (κ1) is 17.1. The Morgan fingerprint density at radius 2 is 1.96 bits per heavy atom. The number of rotatable bonds is 5. The molecule has 6 nitrogen and oxygen atoms in total. The van der Waals surface area contributed by atoms with Crippen LogP contribution in [0, 0.1) is 20.8 Å². The number of aryl methyl sites for hydroxylation is 3.